The van der Waals surface area contributed by atoms with E-state index in [-0.39, 0.29) is 11.9 Å². The van der Waals surface area contributed by atoms with E-state index in [4.69, 9.17) is 0 Å². The molecule has 22 heavy (non-hydrogen) atoms. The zero-order chi connectivity index (χ0) is 15.4. The molecule has 114 valence electrons. The van der Waals surface area contributed by atoms with Crippen molar-refractivity contribution in [3.05, 3.63) is 65.2 Å². The first-order valence-electron chi connectivity index (χ1n) is 8.02. The third-order valence-electron chi connectivity index (χ3n) is 4.36. The number of benzene rings is 2. The Labute approximate surface area is 131 Å². The molecule has 3 rings (SSSR count). The van der Waals surface area contributed by atoms with Gasteiger partial charge >= 0.3 is 0 Å². The van der Waals surface area contributed by atoms with Crippen molar-refractivity contribution in [1.29, 1.82) is 0 Å². The van der Waals surface area contributed by atoms with Gasteiger partial charge in [0.15, 0.2) is 6.54 Å². The van der Waals surface area contributed by atoms with Crippen LogP contribution in [0.4, 0.5) is 5.69 Å². The van der Waals surface area contributed by atoms with E-state index in [2.05, 4.69) is 41.8 Å². The highest BCUT2D eigenvalue weighted by molar-refractivity contribution is 5.91. The van der Waals surface area contributed by atoms with Gasteiger partial charge in [-0.15, -0.1) is 0 Å². The molecular formula is C19H23N2O+. The molecule has 0 unspecified atom stereocenters. The van der Waals surface area contributed by atoms with E-state index in [9.17, 15) is 4.79 Å². The van der Waals surface area contributed by atoms with E-state index >= 15 is 0 Å². The van der Waals surface area contributed by atoms with Crippen molar-refractivity contribution < 1.29 is 10.1 Å². The summed E-state index contributed by atoms with van der Waals surface area (Å²) >= 11 is 0. The minimum absolute atomic E-state index is 0.0562. The number of quaternary nitrogens is 1. The van der Waals surface area contributed by atoms with Crippen molar-refractivity contribution >= 4 is 11.6 Å². The molecular weight excluding hydrogens is 272 g/mol. The van der Waals surface area contributed by atoms with Crippen molar-refractivity contribution in [3.8, 4) is 0 Å². The smallest absolute Gasteiger partial charge is 0.279 e. The van der Waals surface area contributed by atoms with E-state index in [1.165, 1.54) is 29.5 Å². The Morgan fingerprint density at radius 2 is 1.91 bits per heavy atom. The van der Waals surface area contributed by atoms with Gasteiger partial charge in [-0.2, -0.15) is 0 Å². The van der Waals surface area contributed by atoms with Gasteiger partial charge in [-0.05, 0) is 49.4 Å². The number of aryl methyl sites for hydroxylation is 2. The molecule has 1 aliphatic rings. The number of hydrogen-bond donors (Lipinski definition) is 2. The molecule has 0 saturated heterocycles. The summed E-state index contributed by atoms with van der Waals surface area (Å²) in [6, 6.07) is 16.8. The quantitative estimate of drug-likeness (QED) is 0.874. The topological polar surface area (TPSA) is 45.7 Å². The number of nitrogens with two attached hydrogens (primary N) is 1. The van der Waals surface area contributed by atoms with Crippen LogP contribution in [0.3, 0.4) is 0 Å². The number of hydrogen-bond acceptors (Lipinski definition) is 1. The molecule has 1 amide bonds. The van der Waals surface area contributed by atoms with Gasteiger partial charge in [-0.25, -0.2) is 0 Å². The van der Waals surface area contributed by atoms with Crippen LogP contribution in [0.1, 0.15) is 36.1 Å². The van der Waals surface area contributed by atoms with Crippen LogP contribution in [0.5, 0.6) is 0 Å². The number of carbonyl (C=O) groups excluding carboxylic acids is 1. The van der Waals surface area contributed by atoms with Crippen LogP contribution >= 0.6 is 0 Å². The minimum Gasteiger partial charge on any atom is -0.333 e. The highest BCUT2D eigenvalue weighted by Crippen LogP contribution is 2.24. The largest absolute Gasteiger partial charge is 0.333 e. The lowest BCUT2D eigenvalue weighted by Gasteiger charge is -2.11. The molecule has 3 nitrogen and oxygen atoms in total. The number of anilines is 1. The molecule has 3 N–H and O–H groups in total. The van der Waals surface area contributed by atoms with Gasteiger partial charge in [0, 0.05) is 11.3 Å². The van der Waals surface area contributed by atoms with E-state index in [0.717, 1.165) is 12.1 Å². The van der Waals surface area contributed by atoms with Gasteiger partial charge in [0.2, 0.25) is 0 Å². The van der Waals surface area contributed by atoms with Crippen LogP contribution in [0, 0.1) is 0 Å². The average molecular weight is 295 g/mol. The molecule has 1 atom stereocenters. The summed E-state index contributed by atoms with van der Waals surface area (Å²) in [5.41, 5.74) is 4.99. The fourth-order valence-electron chi connectivity index (χ4n) is 3.04. The first-order valence-corrected chi connectivity index (χ1v) is 8.02. The summed E-state index contributed by atoms with van der Waals surface area (Å²) in [4.78, 5) is 12.1. The minimum atomic E-state index is 0.0562. The Morgan fingerprint density at radius 1 is 1.14 bits per heavy atom. The second-order valence-corrected chi connectivity index (χ2v) is 6.02. The van der Waals surface area contributed by atoms with Crippen LogP contribution in [0.15, 0.2) is 48.5 Å². The van der Waals surface area contributed by atoms with Crippen molar-refractivity contribution in [3.63, 3.8) is 0 Å². The zero-order valence-corrected chi connectivity index (χ0v) is 13.0. The molecule has 1 aliphatic carbocycles. The van der Waals surface area contributed by atoms with Gasteiger partial charge in [0.1, 0.15) is 6.04 Å². The summed E-state index contributed by atoms with van der Waals surface area (Å²) < 4.78 is 0. The maximum absolute atomic E-state index is 12.1. The van der Waals surface area contributed by atoms with Crippen molar-refractivity contribution in [2.75, 3.05) is 11.9 Å². The number of fused-ring (bicyclic) bond motifs is 1. The molecule has 2 aromatic carbocycles. The maximum atomic E-state index is 12.1. The zero-order valence-electron chi connectivity index (χ0n) is 13.0. The van der Waals surface area contributed by atoms with Crippen molar-refractivity contribution in [2.24, 2.45) is 0 Å². The van der Waals surface area contributed by atoms with E-state index in [1.807, 2.05) is 24.3 Å². The molecule has 0 aliphatic heterocycles. The van der Waals surface area contributed by atoms with Gasteiger partial charge in [0.25, 0.3) is 5.91 Å². The maximum Gasteiger partial charge on any atom is 0.279 e. The van der Waals surface area contributed by atoms with Crippen LogP contribution in [0.2, 0.25) is 0 Å². The Bertz CT molecular complexity index is 652. The van der Waals surface area contributed by atoms with Crippen molar-refractivity contribution in [2.45, 2.75) is 32.2 Å². The standard InChI is InChI=1S/C19H22N2O/c1-14(15-6-3-2-4-7-15)20-13-19(22)21-18-11-10-16-8-5-9-17(16)12-18/h2-4,6-7,10-12,14,20H,5,8-9,13H2,1H3,(H,21,22)/p+1/t14-/m0/s1. The van der Waals surface area contributed by atoms with Crippen LogP contribution in [-0.4, -0.2) is 12.5 Å². The summed E-state index contributed by atoms with van der Waals surface area (Å²) in [6.07, 6.45) is 3.54. The second-order valence-electron chi connectivity index (χ2n) is 6.02. The predicted molar refractivity (Wildman–Crippen MR) is 88.7 cm³/mol. The Kier molecular flexibility index (Phi) is 4.54. The molecule has 0 spiro atoms. The Balaban J connectivity index is 1.52. The summed E-state index contributed by atoms with van der Waals surface area (Å²) in [5.74, 6) is 0.0562. The lowest BCUT2D eigenvalue weighted by atomic mass is 10.1. The van der Waals surface area contributed by atoms with Gasteiger partial charge < -0.3 is 10.6 Å². The summed E-state index contributed by atoms with van der Waals surface area (Å²) in [7, 11) is 0. The first kappa shape index (κ1) is 14.8. The molecule has 0 heterocycles. The molecule has 0 fully saturated rings. The molecule has 2 aromatic rings. The number of nitrogens with one attached hydrogen (secondary N) is 1. The fourth-order valence-corrected chi connectivity index (χ4v) is 3.04. The monoisotopic (exact) mass is 295 g/mol. The number of amides is 1. The second kappa shape index (κ2) is 6.75. The third-order valence-corrected chi connectivity index (χ3v) is 4.36. The van der Waals surface area contributed by atoms with Gasteiger partial charge in [-0.3, -0.25) is 4.79 Å². The Hall–Kier alpha value is -2.13. The van der Waals surface area contributed by atoms with E-state index < -0.39 is 0 Å². The highest BCUT2D eigenvalue weighted by Gasteiger charge is 2.14. The molecule has 0 radical (unpaired) electrons. The molecule has 0 aromatic heterocycles. The van der Waals surface area contributed by atoms with Gasteiger partial charge in [0.05, 0.1) is 0 Å². The summed E-state index contributed by atoms with van der Waals surface area (Å²) in [5, 5.41) is 5.08. The lowest BCUT2D eigenvalue weighted by molar-refractivity contribution is -0.682. The molecule has 0 bridgehead atoms. The number of rotatable bonds is 5. The first-order chi connectivity index (χ1) is 10.7. The normalized spacial score (nSPS) is 14.4. The molecule has 3 heteroatoms. The molecule has 0 saturated carbocycles. The average Bonchev–Trinajstić information content (AvgIpc) is 3.01. The van der Waals surface area contributed by atoms with Crippen molar-refractivity contribution in [1.82, 2.24) is 0 Å². The predicted octanol–water partition coefficient (Wildman–Crippen LogP) is 2.44. The highest BCUT2D eigenvalue weighted by atomic mass is 16.1. The number of carbonyl (C=O) groups is 1. The Morgan fingerprint density at radius 3 is 2.73 bits per heavy atom. The third kappa shape index (κ3) is 3.55. The SMILES string of the molecule is C[C@H]([NH2+]CC(=O)Nc1ccc2c(c1)CCC2)c1ccccc1. The van der Waals surface area contributed by atoms with Gasteiger partial charge in [-0.1, -0.05) is 36.4 Å². The van der Waals surface area contributed by atoms with Crippen LogP contribution in [0.25, 0.3) is 0 Å². The summed E-state index contributed by atoms with van der Waals surface area (Å²) in [6.45, 7) is 2.56. The van der Waals surface area contributed by atoms with E-state index in [1.54, 1.807) is 0 Å². The van der Waals surface area contributed by atoms with E-state index in [0.29, 0.717) is 6.54 Å². The van der Waals surface area contributed by atoms with Crippen LogP contribution in [-0.2, 0) is 17.6 Å². The lowest BCUT2D eigenvalue weighted by Crippen LogP contribution is -2.86. The van der Waals surface area contributed by atoms with Crippen LogP contribution < -0.4 is 10.6 Å². The fraction of sp³-hybridized carbons (Fsp3) is 0.316.